The number of amides is 2. The van der Waals surface area contributed by atoms with E-state index >= 15 is 4.39 Å². The van der Waals surface area contributed by atoms with E-state index in [2.05, 4.69) is 4.98 Å². The standard InChI is InChI=1S/C29H31FN4O3/c1-18-2-3-19-4-5-21(15-25(19)32-18)20-6-9-23(24(30)14-20)27(28(31)36)33-12-10-29(11-13-33)17-34(22-7-8-22)26(35)16-37-29/h2-6,9,14-15,22,27H,7-8,10-13,16-17H2,1H3,(H2,31,36). The van der Waals surface area contributed by atoms with Crippen molar-refractivity contribution in [3.8, 4) is 11.1 Å². The lowest BCUT2D eigenvalue weighted by Gasteiger charge is -2.48. The summed E-state index contributed by atoms with van der Waals surface area (Å²) >= 11 is 0. The number of aromatic nitrogens is 1. The Morgan fingerprint density at radius 1 is 1.11 bits per heavy atom. The van der Waals surface area contributed by atoms with E-state index in [1.54, 1.807) is 6.07 Å². The topological polar surface area (TPSA) is 88.8 Å². The minimum atomic E-state index is -0.864. The first-order valence-electron chi connectivity index (χ1n) is 13.0. The molecule has 1 spiro atoms. The number of ether oxygens (including phenoxy) is 1. The molecular formula is C29H31FN4O3. The molecule has 1 aromatic heterocycles. The maximum atomic E-state index is 15.5. The summed E-state index contributed by atoms with van der Waals surface area (Å²) in [4.78, 5) is 33.3. The fraction of sp³-hybridized carbons (Fsp3) is 0.414. The van der Waals surface area contributed by atoms with E-state index < -0.39 is 23.4 Å². The number of likely N-dealkylation sites (tertiary alicyclic amines) is 1. The third kappa shape index (κ3) is 4.60. The Hall–Kier alpha value is -3.36. The number of benzene rings is 2. The smallest absolute Gasteiger partial charge is 0.248 e. The van der Waals surface area contributed by atoms with Crippen molar-refractivity contribution < 1.29 is 18.7 Å². The number of carbonyl (C=O) groups excluding carboxylic acids is 2. The molecule has 192 valence electrons. The average Bonchev–Trinajstić information content (AvgIpc) is 3.73. The summed E-state index contributed by atoms with van der Waals surface area (Å²) < 4.78 is 21.5. The molecule has 2 saturated heterocycles. The Morgan fingerprint density at radius 3 is 2.51 bits per heavy atom. The highest BCUT2D eigenvalue weighted by molar-refractivity contribution is 5.85. The summed E-state index contributed by atoms with van der Waals surface area (Å²) in [5.41, 5.74) is 9.04. The summed E-state index contributed by atoms with van der Waals surface area (Å²) in [7, 11) is 0. The van der Waals surface area contributed by atoms with Crippen LogP contribution in [0.1, 0.15) is 43.0 Å². The number of aryl methyl sites for hydroxylation is 1. The van der Waals surface area contributed by atoms with Gasteiger partial charge in [-0.1, -0.05) is 30.3 Å². The zero-order valence-electron chi connectivity index (χ0n) is 21.0. The number of nitrogens with zero attached hydrogens (tertiary/aromatic N) is 3. The maximum absolute atomic E-state index is 15.5. The van der Waals surface area contributed by atoms with Crippen LogP contribution in [-0.4, -0.2) is 64.5 Å². The van der Waals surface area contributed by atoms with Gasteiger partial charge in [-0.15, -0.1) is 0 Å². The number of morpholine rings is 1. The van der Waals surface area contributed by atoms with Gasteiger partial charge in [0.25, 0.3) is 0 Å². The van der Waals surface area contributed by atoms with Crippen LogP contribution in [0.2, 0.25) is 0 Å². The predicted molar refractivity (Wildman–Crippen MR) is 138 cm³/mol. The number of hydrogen-bond donors (Lipinski definition) is 1. The molecule has 1 aliphatic carbocycles. The molecule has 8 heteroatoms. The molecule has 7 nitrogen and oxygen atoms in total. The molecule has 1 saturated carbocycles. The van der Waals surface area contributed by atoms with Gasteiger partial charge < -0.3 is 15.4 Å². The van der Waals surface area contributed by atoms with Crippen LogP contribution >= 0.6 is 0 Å². The Labute approximate surface area is 215 Å². The van der Waals surface area contributed by atoms with Gasteiger partial charge in [0, 0.05) is 35.8 Å². The Bertz CT molecular complexity index is 1380. The van der Waals surface area contributed by atoms with E-state index in [-0.39, 0.29) is 18.1 Å². The van der Waals surface area contributed by atoms with Gasteiger partial charge in [0.05, 0.1) is 17.7 Å². The number of pyridine rings is 1. The molecule has 3 heterocycles. The first-order chi connectivity index (χ1) is 17.8. The van der Waals surface area contributed by atoms with E-state index in [1.807, 2.05) is 53.1 Å². The van der Waals surface area contributed by atoms with Crippen LogP contribution in [0.25, 0.3) is 22.0 Å². The third-order valence-corrected chi connectivity index (χ3v) is 8.07. The number of primary amides is 1. The molecule has 0 bridgehead atoms. The Morgan fingerprint density at radius 2 is 1.81 bits per heavy atom. The lowest BCUT2D eigenvalue weighted by Crippen LogP contribution is -2.60. The largest absolute Gasteiger partial charge is 0.368 e. The molecule has 2 amide bonds. The molecule has 2 N–H and O–H groups in total. The maximum Gasteiger partial charge on any atom is 0.248 e. The second-order valence-electron chi connectivity index (χ2n) is 10.7. The van der Waals surface area contributed by atoms with Crippen molar-refractivity contribution in [1.82, 2.24) is 14.8 Å². The lowest BCUT2D eigenvalue weighted by molar-refractivity contribution is -0.173. The van der Waals surface area contributed by atoms with Gasteiger partial charge in [-0.05, 0) is 61.9 Å². The van der Waals surface area contributed by atoms with Crippen molar-refractivity contribution >= 4 is 22.7 Å². The molecule has 2 aromatic carbocycles. The summed E-state index contributed by atoms with van der Waals surface area (Å²) in [6, 6.07) is 14.3. The predicted octanol–water partition coefficient (Wildman–Crippen LogP) is 3.73. The minimum absolute atomic E-state index is 0.0602. The molecule has 3 fully saturated rings. The average molecular weight is 503 g/mol. The van der Waals surface area contributed by atoms with Gasteiger partial charge in [0.1, 0.15) is 18.5 Å². The number of nitrogens with two attached hydrogens (primary N) is 1. The van der Waals surface area contributed by atoms with Gasteiger partial charge in [-0.2, -0.15) is 0 Å². The molecule has 37 heavy (non-hydrogen) atoms. The molecule has 3 aliphatic rings. The third-order valence-electron chi connectivity index (χ3n) is 8.07. The fourth-order valence-electron chi connectivity index (χ4n) is 5.81. The molecule has 1 unspecified atom stereocenters. The first-order valence-corrected chi connectivity index (χ1v) is 13.0. The van der Waals surface area contributed by atoms with Crippen LogP contribution in [0.4, 0.5) is 4.39 Å². The molecular weight excluding hydrogens is 471 g/mol. The van der Waals surface area contributed by atoms with Crippen molar-refractivity contribution in [1.29, 1.82) is 0 Å². The quantitative estimate of drug-likeness (QED) is 0.574. The Balaban J connectivity index is 1.21. The molecule has 1 atom stereocenters. The van der Waals surface area contributed by atoms with Gasteiger partial charge in [0.15, 0.2) is 0 Å². The summed E-state index contributed by atoms with van der Waals surface area (Å²) in [6.45, 7) is 3.72. The highest BCUT2D eigenvalue weighted by atomic mass is 19.1. The van der Waals surface area contributed by atoms with E-state index in [9.17, 15) is 9.59 Å². The van der Waals surface area contributed by atoms with E-state index in [0.29, 0.717) is 44.1 Å². The van der Waals surface area contributed by atoms with Crippen molar-refractivity contribution in [3.63, 3.8) is 0 Å². The van der Waals surface area contributed by atoms with E-state index in [4.69, 9.17) is 10.5 Å². The zero-order valence-corrected chi connectivity index (χ0v) is 21.0. The SMILES string of the molecule is Cc1ccc2ccc(-c3ccc(C(C(N)=O)N4CCC5(CC4)CN(C4CC4)C(=O)CO5)c(F)c3)cc2n1. The number of piperidine rings is 1. The number of hydrogen-bond acceptors (Lipinski definition) is 5. The van der Waals surface area contributed by atoms with Crippen LogP contribution in [0.15, 0.2) is 48.5 Å². The summed E-state index contributed by atoms with van der Waals surface area (Å²) in [6.07, 6.45) is 3.44. The molecule has 0 radical (unpaired) electrons. The zero-order chi connectivity index (χ0) is 25.7. The Kier molecular flexibility index (Phi) is 5.96. The van der Waals surface area contributed by atoms with Crippen LogP contribution in [0, 0.1) is 12.7 Å². The number of fused-ring (bicyclic) bond motifs is 1. The minimum Gasteiger partial charge on any atom is -0.368 e. The van der Waals surface area contributed by atoms with Crippen LogP contribution in [-0.2, 0) is 14.3 Å². The fourth-order valence-corrected chi connectivity index (χ4v) is 5.81. The number of carbonyl (C=O) groups is 2. The summed E-state index contributed by atoms with van der Waals surface area (Å²) in [5, 5.41) is 1.02. The van der Waals surface area contributed by atoms with Crippen LogP contribution in [0.3, 0.4) is 0 Å². The van der Waals surface area contributed by atoms with Crippen molar-refractivity contribution in [3.05, 3.63) is 65.6 Å². The van der Waals surface area contributed by atoms with Crippen molar-refractivity contribution in [2.45, 2.75) is 50.3 Å². The van der Waals surface area contributed by atoms with Gasteiger partial charge in [-0.25, -0.2) is 4.39 Å². The summed E-state index contributed by atoms with van der Waals surface area (Å²) in [5.74, 6) is -0.976. The highest BCUT2D eigenvalue weighted by Gasteiger charge is 2.47. The highest BCUT2D eigenvalue weighted by Crippen LogP contribution is 2.38. The normalized spacial score (nSPS) is 20.9. The second-order valence-corrected chi connectivity index (χ2v) is 10.7. The second kappa shape index (κ2) is 9.19. The van der Waals surface area contributed by atoms with Gasteiger partial charge in [-0.3, -0.25) is 19.5 Å². The van der Waals surface area contributed by atoms with Gasteiger partial charge >= 0.3 is 0 Å². The van der Waals surface area contributed by atoms with Crippen molar-refractivity contribution in [2.75, 3.05) is 26.2 Å². The first kappa shape index (κ1) is 24.0. The number of rotatable bonds is 5. The van der Waals surface area contributed by atoms with Crippen molar-refractivity contribution in [2.24, 2.45) is 5.73 Å². The van der Waals surface area contributed by atoms with Crippen LogP contribution < -0.4 is 5.73 Å². The molecule has 3 aromatic rings. The van der Waals surface area contributed by atoms with Gasteiger partial charge in [0.2, 0.25) is 11.8 Å². The monoisotopic (exact) mass is 502 g/mol. The van der Waals surface area contributed by atoms with E-state index in [1.165, 1.54) is 6.07 Å². The molecule has 6 rings (SSSR count). The van der Waals surface area contributed by atoms with Crippen LogP contribution in [0.5, 0.6) is 0 Å². The molecule has 2 aliphatic heterocycles. The van der Waals surface area contributed by atoms with E-state index in [0.717, 1.165) is 35.0 Å². The number of halogens is 1. The lowest BCUT2D eigenvalue weighted by atomic mass is 9.87.